The van der Waals surface area contributed by atoms with Crippen LogP contribution in [0.2, 0.25) is 5.02 Å². The van der Waals surface area contributed by atoms with Gasteiger partial charge in [-0.2, -0.15) is 5.10 Å². The van der Waals surface area contributed by atoms with Gasteiger partial charge in [0.15, 0.2) is 0 Å². The molecule has 0 saturated heterocycles. The van der Waals surface area contributed by atoms with Gasteiger partial charge in [0, 0.05) is 41.3 Å². The van der Waals surface area contributed by atoms with Crippen molar-refractivity contribution in [3.63, 3.8) is 0 Å². The van der Waals surface area contributed by atoms with Gasteiger partial charge in [-0.05, 0) is 42.4 Å². The van der Waals surface area contributed by atoms with E-state index in [0.29, 0.717) is 6.04 Å². The average molecular weight is 322 g/mol. The van der Waals surface area contributed by atoms with Crippen LogP contribution in [0.3, 0.4) is 0 Å². The molecule has 1 aromatic carbocycles. The van der Waals surface area contributed by atoms with Crippen LogP contribution < -0.4 is 5.32 Å². The summed E-state index contributed by atoms with van der Waals surface area (Å²) in [5.41, 5.74) is 3.81. The number of hydrogen-bond donors (Lipinski definition) is 1. The van der Waals surface area contributed by atoms with E-state index < -0.39 is 0 Å². The maximum absolute atomic E-state index is 6.16. The summed E-state index contributed by atoms with van der Waals surface area (Å²) >= 11 is 8.08. The maximum atomic E-state index is 6.16. The predicted octanol–water partition coefficient (Wildman–Crippen LogP) is 3.96. The first-order chi connectivity index (χ1) is 10.2. The third-order valence-electron chi connectivity index (χ3n) is 3.88. The highest BCUT2D eigenvalue weighted by Crippen LogP contribution is 2.37. The lowest BCUT2D eigenvalue weighted by molar-refractivity contribution is 0.508. The molecule has 1 aliphatic heterocycles. The summed E-state index contributed by atoms with van der Waals surface area (Å²) in [6.07, 6.45) is 4.23. The Bertz CT molecular complexity index is 638. The second-order valence-corrected chi connectivity index (χ2v) is 6.95. The van der Waals surface area contributed by atoms with Crippen LogP contribution >= 0.6 is 23.4 Å². The number of halogens is 1. The average Bonchev–Trinajstić information content (AvgIpc) is 2.85. The van der Waals surface area contributed by atoms with Gasteiger partial charge in [0.1, 0.15) is 0 Å². The second-order valence-electron chi connectivity index (χ2n) is 5.38. The summed E-state index contributed by atoms with van der Waals surface area (Å²) in [5.74, 6) is 1.15. The third-order valence-corrected chi connectivity index (χ3v) is 5.23. The van der Waals surface area contributed by atoms with E-state index >= 15 is 0 Å². The van der Waals surface area contributed by atoms with Gasteiger partial charge in [0.25, 0.3) is 0 Å². The Balaban J connectivity index is 1.76. The SMILES string of the molecule is CCc1nn(C)cc1CNC1CCSc2ccc(Cl)cc21. The van der Waals surface area contributed by atoms with Gasteiger partial charge in [0.2, 0.25) is 0 Å². The third kappa shape index (κ3) is 3.28. The summed E-state index contributed by atoms with van der Waals surface area (Å²) in [5, 5.41) is 9.00. The Morgan fingerprint density at radius 3 is 3.14 bits per heavy atom. The molecule has 21 heavy (non-hydrogen) atoms. The zero-order valence-electron chi connectivity index (χ0n) is 12.4. The van der Waals surface area contributed by atoms with Crippen molar-refractivity contribution < 1.29 is 0 Å². The van der Waals surface area contributed by atoms with E-state index in [0.717, 1.165) is 30.2 Å². The molecule has 5 heteroatoms. The van der Waals surface area contributed by atoms with Gasteiger partial charge in [-0.15, -0.1) is 11.8 Å². The van der Waals surface area contributed by atoms with Gasteiger partial charge in [-0.25, -0.2) is 0 Å². The molecule has 0 amide bonds. The fourth-order valence-electron chi connectivity index (χ4n) is 2.84. The Morgan fingerprint density at radius 1 is 1.48 bits per heavy atom. The second kappa shape index (κ2) is 6.42. The molecule has 2 aromatic rings. The van der Waals surface area contributed by atoms with Gasteiger partial charge in [-0.1, -0.05) is 18.5 Å². The minimum atomic E-state index is 0.380. The monoisotopic (exact) mass is 321 g/mol. The molecule has 112 valence electrons. The van der Waals surface area contributed by atoms with E-state index in [1.165, 1.54) is 21.7 Å². The fraction of sp³-hybridized carbons (Fsp3) is 0.438. The first kappa shape index (κ1) is 14.9. The quantitative estimate of drug-likeness (QED) is 0.924. The standard InChI is InChI=1S/C16H20ClN3S/c1-3-14-11(10-20(2)19-14)9-18-15-6-7-21-16-5-4-12(17)8-13(15)16/h4-5,8,10,15,18H,3,6-7,9H2,1-2H3. The van der Waals surface area contributed by atoms with Crippen molar-refractivity contribution in [1.29, 1.82) is 0 Å². The molecular formula is C16H20ClN3S. The normalized spacial score (nSPS) is 17.8. The van der Waals surface area contributed by atoms with E-state index in [4.69, 9.17) is 11.6 Å². The summed E-state index contributed by atoms with van der Waals surface area (Å²) in [6.45, 7) is 3.01. The summed E-state index contributed by atoms with van der Waals surface area (Å²) < 4.78 is 1.90. The summed E-state index contributed by atoms with van der Waals surface area (Å²) in [4.78, 5) is 1.35. The van der Waals surface area contributed by atoms with Gasteiger partial charge < -0.3 is 5.32 Å². The fourth-order valence-corrected chi connectivity index (χ4v) is 4.13. The topological polar surface area (TPSA) is 29.9 Å². The molecule has 1 aromatic heterocycles. The van der Waals surface area contributed by atoms with Crippen LogP contribution in [-0.2, 0) is 20.0 Å². The lowest BCUT2D eigenvalue weighted by atomic mass is 10.0. The number of aromatic nitrogens is 2. The molecular weight excluding hydrogens is 302 g/mol. The lowest BCUT2D eigenvalue weighted by Crippen LogP contribution is -2.24. The number of aryl methyl sites for hydroxylation is 2. The summed E-state index contributed by atoms with van der Waals surface area (Å²) in [7, 11) is 1.98. The van der Waals surface area contributed by atoms with E-state index in [-0.39, 0.29) is 0 Å². The highest BCUT2D eigenvalue weighted by Gasteiger charge is 2.21. The zero-order valence-corrected chi connectivity index (χ0v) is 14.0. The number of fused-ring (bicyclic) bond motifs is 1. The van der Waals surface area contributed by atoms with Crippen LogP contribution in [0.4, 0.5) is 0 Å². The Hall–Kier alpha value is -0.970. The number of nitrogens with zero attached hydrogens (tertiary/aromatic N) is 2. The van der Waals surface area contributed by atoms with Crippen LogP contribution in [0.1, 0.15) is 36.2 Å². The molecule has 3 nitrogen and oxygen atoms in total. The van der Waals surface area contributed by atoms with Crippen molar-refractivity contribution in [1.82, 2.24) is 15.1 Å². The lowest BCUT2D eigenvalue weighted by Gasteiger charge is -2.26. The minimum Gasteiger partial charge on any atom is -0.306 e. The molecule has 0 spiro atoms. The number of thioether (sulfide) groups is 1. The number of nitrogens with one attached hydrogen (secondary N) is 1. The number of rotatable bonds is 4. The first-order valence-electron chi connectivity index (χ1n) is 7.34. The van der Waals surface area contributed by atoms with Gasteiger partial charge in [-0.3, -0.25) is 4.68 Å². The van der Waals surface area contributed by atoms with Crippen molar-refractivity contribution in [2.45, 2.75) is 37.2 Å². The molecule has 0 aliphatic carbocycles. The van der Waals surface area contributed by atoms with E-state index in [1.807, 2.05) is 29.6 Å². The van der Waals surface area contributed by atoms with Crippen LogP contribution in [0.15, 0.2) is 29.3 Å². The van der Waals surface area contributed by atoms with Crippen molar-refractivity contribution in [2.75, 3.05) is 5.75 Å². The van der Waals surface area contributed by atoms with E-state index in [9.17, 15) is 0 Å². The van der Waals surface area contributed by atoms with Gasteiger partial charge >= 0.3 is 0 Å². The number of hydrogen-bond acceptors (Lipinski definition) is 3. The van der Waals surface area contributed by atoms with Crippen LogP contribution in [0.25, 0.3) is 0 Å². The highest BCUT2D eigenvalue weighted by molar-refractivity contribution is 7.99. The molecule has 1 aliphatic rings. The van der Waals surface area contributed by atoms with Crippen LogP contribution in [0.5, 0.6) is 0 Å². The zero-order chi connectivity index (χ0) is 14.8. The minimum absolute atomic E-state index is 0.380. The molecule has 1 N–H and O–H groups in total. The van der Waals surface area contributed by atoms with Crippen LogP contribution in [-0.4, -0.2) is 15.5 Å². The molecule has 1 unspecified atom stereocenters. The molecule has 0 bridgehead atoms. The molecule has 0 radical (unpaired) electrons. The molecule has 3 rings (SSSR count). The Labute approximate surface area is 135 Å². The van der Waals surface area contributed by atoms with E-state index in [1.54, 1.807) is 0 Å². The Kier molecular flexibility index (Phi) is 4.57. The van der Waals surface area contributed by atoms with Crippen molar-refractivity contribution >= 4 is 23.4 Å². The highest BCUT2D eigenvalue weighted by atomic mass is 35.5. The predicted molar refractivity (Wildman–Crippen MR) is 89.0 cm³/mol. The van der Waals surface area contributed by atoms with E-state index in [2.05, 4.69) is 35.7 Å². The number of benzene rings is 1. The maximum Gasteiger partial charge on any atom is 0.0666 e. The van der Waals surface area contributed by atoms with Crippen molar-refractivity contribution in [3.8, 4) is 0 Å². The van der Waals surface area contributed by atoms with Crippen LogP contribution in [0, 0.1) is 0 Å². The van der Waals surface area contributed by atoms with Crippen molar-refractivity contribution in [3.05, 3.63) is 46.2 Å². The smallest absolute Gasteiger partial charge is 0.0666 e. The van der Waals surface area contributed by atoms with Crippen molar-refractivity contribution in [2.24, 2.45) is 7.05 Å². The molecule has 2 heterocycles. The molecule has 0 fully saturated rings. The van der Waals surface area contributed by atoms with Gasteiger partial charge in [0.05, 0.1) is 5.69 Å². The summed E-state index contributed by atoms with van der Waals surface area (Å²) in [6, 6.07) is 6.60. The molecule has 1 atom stereocenters. The Morgan fingerprint density at radius 2 is 2.33 bits per heavy atom. The first-order valence-corrected chi connectivity index (χ1v) is 8.70. The molecule has 0 saturated carbocycles. The largest absolute Gasteiger partial charge is 0.306 e.